The van der Waals surface area contributed by atoms with Crippen LogP contribution in [0.5, 0.6) is 5.75 Å². The van der Waals surface area contributed by atoms with E-state index in [1.807, 2.05) is 13.0 Å². The lowest BCUT2D eigenvalue weighted by molar-refractivity contribution is -0.122. The Bertz CT molecular complexity index is 417. The number of hydrogen-bond donors (Lipinski definition) is 1. The molecule has 0 saturated heterocycles. The number of alkyl halides is 1. The molecule has 1 aromatic carbocycles. The fourth-order valence-corrected chi connectivity index (χ4v) is 1.96. The summed E-state index contributed by atoms with van der Waals surface area (Å²) in [5.41, 5.74) is 2.95. The van der Waals surface area contributed by atoms with E-state index in [-0.39, 0.29) is 5.91 Å². The maximum absolute atomic E-state index is 11.4. The fourth-order valence-electron chi connectivity index (χ4n) is 1.64. The first-order chi connectivity index (χ1) is 7.11. The molecule has 15 heavy (non-hydrogen) atoms. The summed E-state index contributed by atoms with van der Waals surface area (Å²) >= 11 is 3.39. The van der Waals surface area contributed by atoms with Gasteiger partial charge in [-0.15, -0.1) is 0 Å². The van der Waals surface area contributed by atoms with Crippen molar-refractivity contribution in [2.45, 2.75) is 25.3 Å². The van der Waals surface area contributed by atoms with E-state index in [4.69, 9.17) is 4.74 Å². The normalized spacial score (nSPS) is 19.1. The quantitative estimate of drug-likeness (QED) is 0.796. The lowest BCUT2D eigenvalue weighted by atomic mass is 10.1. The number of carbonyl (C=O) groups is 1. The van der Waals surface area contributed by atoms with Crippen molar-refractivity contribution in [2.24, 2.45) is 0 Å². The molecule has 1 atom stereocenters. The molecule has 2 rings (SSSR count). The van der Waals surface area contributed by atoms with Gasteiger partial charge in [-0.3, -0.25) is 4.79 Å². The molecule has 3 nitrogen and oxygen atoms in total. The zero-order chi connectivity index (χ0) is 11.0. The van der Waals surface area contributed by atoms with E-state index in [9.17, 15) is 4.79 Å². The van der Waals surface area contributed by atoms with E-state index in [0.717, 1.165) is 27.9 Å². The van der Waals surface area contributed by atoms with Crippen LogP contribution in [-0.4, -0.2) is 12.0 Å². The number of rotatable bonds is 1. The first-order valence-corrected chi connectivity index (χ1v) is 5.91. The highest BCUT2D eigenvalue weighted by Gasteiger charge is 2.24. The van der Waals surface area contributed by atoms with Gasteiger partial charge in [0.1, 0.15) is 5.75 Å². The molecule has 1 amide bonds. The zero-order valence-electron chi connectivity index (χ0n) is 8.63. The summed E-state index contributed by atoms with van der Waals surface area (Å²) in [7, 11) is 0. The zero-order valence-corrected chi connectivity index (χ0v) is 10.2. The molecule has 0 saturated carbocycles. The minimum absolute atomic E-state index is 0.0892. The molecule has 0 radical (unpaired) electrons. The van der Waals surface area contributed by atoms with Gasteiger partial charge in [-0.2, -0.15) is 0 Å². The molecule has 80 valence electrons. The Labute approximate surface area is 96.9 Å². The maximum Gasteiger partial charge on any atom is 0.265 e. The third kappa shape index (κ3) is 1.86. The van der Waals surface area contributed by atoms with Crippen molar-refractivity contribution < 1.29 is 9.53 Å². The smallest absolute Gasteiger partial charge is 0.265 e. The summed E-state index contributed by atoms with van der Waals surface area (Å²) in [4.78, 5) is 11.4. The van der Waals surface area contributed by atoms with Crippen molar-refractivity contribution in [3.05, 3.63) is 23.3 Å². The number of amides is 1. The highest BCUT2D eigenvalue weighted by molar-refractivity contribution is 9.08. The first kappa shape index (κ1) is 10.5. The van der Waals surface area contributed by atoms with Gasteiger partial charge < -0.3 is 10.1 Å². The van der Waals surface area contributed by atoms with Crippen LogP contribution in [0, 0.1) is 6.92 Å². The number of anilines is 1. The van der Waals surface area contributed by atoms with E-state index >= 15 is 0 Å². The Kier molecular flexibility index (Phi) is 2.69. The van der Waals surface area contributed by atoms with E-state index in [0.29, 0.717) is 0 Å². The van der Waals surface area contributed by atoms with Crippen molar-refractivity contribution in [3.8, 4) is 5.75 Å². The maximum atomic E-state index is 11.4. The van der Waals surface area contributed by atoms with E-state index in [1.54, 1.807) is 6.92 Å². The fraction of sp³-hybridized carbons (Fsp3) is 0.364. The second-order valence-electron chi connectivity index (χ2n) is 3.67. The Morgan fingerprint density at radius 1 is 1.53 bits per heavy atom. The summed E-state index contributed by atoms with van der Waals surface area (Å²) in [6, 6.07) is 3.98. The molecule has 1 heterocycles. The first-order valence-electron chi connectivity index (χ1n) is 4.79. The molecule has 4 heteroatoms. The van der Waals surface area contributed by atoms with Crippen molar-refractivity contribution in [2.75, 3.05) is 5.32 Å². The lowest BCUT2D eigenvalue weighted by Crippen LogP contribution is -2.34. The van der Waals surface area contributed by atoms with Gasteiger partial charge in [0.05, 0.1) is 5.69 Å². The van der Waals surface area contributed by atoms with Gasteiger partial charge >= 0.3 is 0 Å². The van der Waals surface area contributed by atoms with Crippen molar-refractivity contribution in [3.63, 3.8) is 0 Å². The average Bonchev–Trinajstić information content (AvgIpc) is 2.21. The number of aryl methyl sites for hydroxylation is 1. The molecule has 0 spiro atoms. The molecule has 1 aliphatic heterocycles. The van der Waals surface area contributed by atoms with Crippen LogP contribution in [0.3, 0.4) is 0 Å². The molecule has 1 aromatic rings. The van der Waals surface area contributed by atoms with Crippen LogP contribution in [0.2, 0.25) is 0 Å². The highest BCUT2D eigenvalue weighted by Crippen LogP contribution is 2.34. The number of fused-ring (bicyclic) bond motifs is 1. The molecular formula is C11H12BrNO2. The molecule has 0 fully saturated rings. The number of carbonyl (C=O) groups excluding carboxylic acids is 1. The van der Waals surface area contributed by atoms with Gasteiger partial charge in [-0.1, -0.05) is 22.0 Å². The van der Waals surface area contributed by atoms with Gasteiger partial charge in [-0.05, 0) is 31.0 Å². The topological polar surface area (TPSA) is 38.3 Å². The van der Waals surface area contributed by atoms with Crippen molar-refractivity contribution >= 4 is 27.5 Å². The summed E-state index contributed by atoms with van der Waals surface area (Å²) in [6.07, 6.45) is -0.411. The molecular weight excluding hydrogens is 258 g/mol. The summed E-state index contributed by atoms with van der Waals surface area (Å²) in [5.74, 6) is 0.695. The van der Waals surface area contributed by atoms with Crippen LogP contribution < -0.4 is 10.1 Å². The van der Waals surface area contributed by atoms with Crippen molar-refractivity contribution in [1.82, 2.24) is 0 Å². The number of benzene rings is 1. The lowest BCUT2D eigenvalue weighted by Gasteiger charge is -2.25. The minimum Gasteiger partial charge on any atom is -0.478 e. The standard InChI is InChI=1S/C11H12BrNO2/c1-6-3-8(5-12)4-9-10(6)15-7(2)11(14)13-9/h3-4,7H,5H2,1-2H3,(H,13,14). The van der Waals surface area contributed by atoms with E-state index in [1.165, 1.54) is 0 Å². The number of nitrogens with one attached hydrogen (secondary N) is 1. The van der Waals surface area contributed by atoms with Gasteiger partial charge in [-0.25, -0.2) is 0 Å². The molecule has 1 aliphatic rings. The molecule has 0 bridgehead atoms. The predicted octanol–water partition coefficient (Wildman–Crippen LogP) is 2.61. The Morgan fingerprint density at radius 2 is 2.27 bits per heavy atom. The van der Waals surface area contributed by atoms with Gasteiger partial charge in [0.15, 0.2) is 6.10 Å². The summed E-state index contributed by atoms with van der Waals surface area (Å²) in [6.45, 7) is 3.73. The van der Waals surface area contributed by atoms with Crippen LogP contribution >= 0.6 is 15.9 Å². The second-order valence-corrected chi connectivity index (χ2v) is 4.23. The molecule has 0 aliphatic carbocycles. The van der Waals surface area contributed by atoms with Gasteiger partial charge in [0.25, 0.3) is 5.91 Å². The van der Waals surface area contributed by atoms with Crippen LogP contribution in [0.1, 0.15) is 18.1 Å². The Balaban J connectivity index is 2.48. The van der Waals surface area contributed by atoms with Crippen molar-refractivity contribution in [1.29, 1.82) is 0 Å². The predicted molar refractivity (Wildman–Crippen MR) is 62.5 cm³/mol. The largest absolute Gasteiger partial charge is 0.478 e. The SMILES string of the molecule is Cc1cc(CBr)cc2c1OC(C)C(=O)N2. The summed E-state index contributed by atoms with van der Waals surface area (Å²) < 4.78 is 5.55. The molecule has 0 aromatic heterocycles. The van der Waals surface area contributed by atoms with Crippen LogP contribution in [0.4, 0.5) is 5.69 Å². The van der Waals surface area contributed by atoms with Crippen LogP contribution in [-0.2, 0) is 10.1 Å². The highest BCUT2D eigenvalue weighted by atomic mass is 79.9. The number of halogens is 1. The third-order valence-electron chi connectivity index (χ3n) is 2.41. The second kappa shape index (κ2) is 3.85. The molecule has 1 N–H and O–H groups in total. The van der Waals surface area contributed by atoms with Gasteiger partial charge in [0, 0.05) is 5.33 Å². The Hall–Kier alpha value is -1.03. The monoisotopic (exact) mass is 269 g/mol. The van der Waals surface area contributed by atoms with Crippen LogP contribution in [0.25, 0.3) is 0 Å². The molecule has 1 unspecified atom stereocenters. The van der Waals surface area contributed by atoms with E-state index < -0.39 is 6.10 Å². The van der Waals surface area contributed by atoms with E-state index in [2.05, 4.69) is 27.3 Å². The third-order valence-corrected chi connectivity index (χ3v) is 3.06. The van der Waals surface area contributed by atoms with Gasteiger partial charge in [0.2, 0.25) is 0 Å². The minimum atomic E-state index is -0.411. The Morgan fingerprint density at radius 3 is 2.93 bits per heavy atom. The van der Waals surface area contributed by atoms with Crippen LogP contribution in [0.15, 0.2) is 12.1 Å². The number of hydrogen-bond acceptors (Lipinski definition) is 2. The number of ether oxygens (including phenoxy) is 1. The average molecular weight is 270 g/mol. The summed E-state index contributed by atoms with van der Waals surface area (Å²) in [5, 5.41) is 3.61.